The second kappa shape index (κ2) is 8.84. The van der Waals surface area contributed by atoms with Crippen LogP contribution in [0.5, 0.6) is 0 Å². The molecule has 0 radical (unpaired) electrons. The Hall–Kier alpha value is -3.27. The molecular formula is C21H25N5O4S. The lowest BCUT2D eigenvalue weighted by atomic mass is 10.1. The fourth-order valence-electron chi connectivity index (χ4n) is 3.40. The van der Waals surface area contributed by atoms with Crippen LogP contribution in [0.15, 0.2) is 9.90 Å². The molecule has 0 aliphatic heterocycles. The number of esters is 1. The number of aryl methyl sites for hydroxylation is 3. The number of hydrazone groups is 1. The average Bonchev–Trinajstić information content (AvgIpc) is 3.15. The number of hydrogen-bond donors (Lipinski definition) is 3. The van der Waals surface area contributed by atoms with E-state index in [-0.39, 0.29) is 24.4 Å². The number of nitrogens with zero attached hydrogens (tertiary/aromatic N) is 2. The van der Waals surface area contributed by atoms with Gasteiger partial charge in [-0.3, -0.25) is 9.59 Å². The number of aromatic amines is 2. The summed E-state index contributed by atoms with van der Waals surface area (Å²) in [5.74, 6) is -0.541. The fourth-order valence-corrected chi connectivity index (χ4v) is 4.45. The van der Waals surface area contributed by atoms with E-state index in [1.54, 1.807) is 27.7 Å². The first-order valence-electron chi connectivity index (χ1n) is 9.82. The van der Waals surface area contributed by atoms with Gasteiger partial charge in [-0.1, -0.05) is 0 Å². The number of nitrogens with one attached hydrogen (secondary N) is 3. The molecule has 10 heteroatoms. The molecule has 0 unspecified atom stereocenters. The van der Waals surface area contributed by atoms with Gasteiger partial charge in [0, 0.05) is 10.6 Å². The quantitative estimate of drug-likeness (QED) is 0.306. The van der Waals surface area contributed by atoms with Crippen molar-refractivity contribution >= 4 is 39.1 Å². The van der Waals surface area contributed by atoms with Crippen LogP contribution in [0.25, 0.3) is 10.2 Å². The number of fused-ring (bicyclic) bond motifs is 1. The van der Waals surface area contributed by atoms with Crippen molar-refractivity contribution in [2.45, 2.75) is 48.0 Å². The molecule has 3 N–H and O–H groups in total. The van der Waals surface area contributed by atoms with Crippen LogP contribution in [0, 0.1) is 27.7 Å². The maximum atomic E-state index is 12.4. The number of H-pyrrole nitrogens is 2. The molecule has 0 aliphatic carbocycles. The van der Waals surface area contributed by atoms with Gasteiger partial charge in [0.2, 0.25) is 5.91 Å². The monoisotopic (exact) mass is 443 g/mol. The Balaban J connectivity index is 1.76. The van der Waals surface area contributed by atoms with Gasteiger partial charge >= 0.3 is 5.97 Å². The number of thiophene rings is 1. The lowest BCUT2D eigenvalue weighted by Crippen LogP contribution is -2.24. The van der Waals surface area contributed by atoms with Crippen molar-refractivity contribution in [3.8, 4) is 0 Å². The van der Waals surface area contributed by atoms with Gasteiger partial charge in [0.15, 0.2) is 0 Å². The predicted molar refractivity (Wildman–Crippen MR) is 120 cm³/mol. The molecule has 0 spiro atoms. The van der Waals surface area contributed by atoms with Crippen LogP contribution in [0.2, 0.25) is 0 Å². The van der Waals surface area contributed by atoms with E-state index in [1.807, 2.05) is 13.8 Å². The highest BCUT2D eigenvalue weighted by molar-refractivity contribution is 7.18. The second-order valence-electron chi connectivity index (χ2n) is 7.23. The van der Waals surface area contributed by atoms with Gasteiger partial charge in [-0.25, -0.2) is 15.2 Å². The molecule has 0 saturated carbocycles. The first kappa shape index (κ1) is 22.4. The van der Waals surface area contributed by atoms with Gasteiger partial charge in [0.05, 0.1) is 35.4 Å². The zero-order chi connectivity index (χ0) is 22.9. The van der Waals surface area contributed by atoms with Crippen molar-refractivity contribution in [3.63, 3.8) is 0 Å². The SMILES string of the molecule is CCOC(=O)c1c(C)[nH]c(/C(C)=N/NC(=O)Cc2nc3sc(C)c(C)c3c(=O)[nH]2)c1C. The molecular weight excluding hydrogens is 418 g/mol. The van der Waals surface area contributed by atoms with Crippen molar-refractivity contribution in [2.75, 3.05) is 6.61 Å². The molecule has 9 nitrogen and oxygen atoms in total. The molecule has 3 aromatic rings. The van der Waals surface area contributed by atoms with Crippen molar-refractivity contribution in [1.29, 1.82) is 0 Å². The first-order valence-corrected chi connectivity index (χ1v) is 10.6. The zero-order valence-electron chi connectivity index (χ0n) is 18.3. The number of rotatable bonds is 6. The third kappa shape index (κ3) is 4.43. The van der Waals surface area contributed by atoms with Crippen LogP contribution < -0.4 is 11.0 Å². The molecule has 0 atom stereocenters. The number of amides is 1. The molecule has 0 bridgehead atoms. The van der Waals surface area contributed by atoms with E-state index in [0.29, 0.717) is 38.4 Å². The largest absolute Gasteiger partial charge is 0.462 e. The Bertz CT molecular complexity index is 1270. The highest BCUT2D eigenvalue weighted by Gasteiger charge is 2.20. The normalized spacial score (nSPS) is 11.7. The van der Waals surface area contributed by atoms with E-state index in [4.69, 9.17) is 4.74 Å². The molecule has 1 amide bonds. The van der Waals surface area contributed by atoms with Crippen LogP contribution in [-0.2, 0) is 16.0 Å². The summed E-state index contributed by atoms with van der Waals surface area (Å²) in [6.45, 7) is 11.1. The summed E-state index contributed by atoms with van der Waals surface area (Å²) >= 11 is 1.43. The maximum absolute atomic E-state index is 12.4. The molecule has 3 rings (SSSR count). The number of ether oxygens (including phenoxy) is 1. The molecule has 0 fully saturated rings. The Labute approximate surface area is 182 Å². The van der Waals surface area contributed by atoms with Crippen LogP contribution in [0.4, 0.5) is 0 Å². The smallest absolute Gasteiger partial charge is 0.340 e. The van der Waals surface area contributed by atoms with Crippen LogP contribution in [0.1, 0.15) is 57.4 Å². The number of carbonyl (C=O) groups excluding carboxylic acids is 2. The van der Waals surface area contributed by atoms with Crippen molar-refractivity contribution in [2.24, 2.45) is 5.10 Å². The van der Waals surface area contributed by atoms with Gasteiger partial charge in [-0.2, -0.15) is 5.10 Å². The van der Waals surface area contributed by atoms with Gasteiger partial charge < -0.3 is 14.7 Å². The van der Waals surface area contributed by atoms with Gasteiger partial charge in [-0.15, -0.1) is 11.3 Å². The minimum Gasteiger partial charge on any atom is -0.462 e. The summed E-state index contributed by atoms with van der Waals surface area (Å²) in [5, 5.41) is 4.70. The standard InChI is InChI=1S/C21H25N5O4S/c1-7-30-21(29)16-10(3)18(22-11(16)4)12(5)25-26-15(27)8-14-23-19(28)17-9(2)13(6)31-20(17)24-14/h22H,7-8H2,1-6H3,(H,26,27)(H,23,24,28)/b25-12+. The zero-order valence-corrected chi connectivity index (χ0v) is 19.2. The van der Waals surface area contributed by atoms with E-state index in [2.05, 4.69) is 25.5 Å². The molecule has 3 heterocycles. The highest BCUT2D eigenvalue weighted by atomic mass is 32.1. The van der Waals surface area contributed by atoms with E-state index in [0.717, 1.165) is 10.4 Å². The summed E-state index contributed by atoms with van der Waals surface area (Å²) in [4.78, 5) is 48.7. The van der Waals surface area contributed by atoms with E-state index < -0.39 is 11.9 Å². The number of aromatic nitrogens is 3. The lowest BCUT2D eigenvalue weighted by Gasteiger charge is -2.04. The third-order valence-electron chi connectivity index (χ3n) is 5.04. The van der Waals surface area contributed by atoms with Crippen LogP contribution >= 0.6 is 11.3 Å². The van der Waals surface area contributed by atoms with Gasteiger partial charge in [-0.05, 0) is 52.7 Å². The Morgan fingerprint density at radius 3 is 2.55 bits per heavy atom. The molecule has 3 aromatic heterocycles. The number of hydrogen-bond acceptors (Lipinski definition) is 7. The summed E-state index contributed by atoms with van der Waals surface area (Å²) < 4.78 is 5.09. The van der Waals surface area contributed by atoms with Crippen molar-refractivity contribution < 1.29 is 14.3 Å². The van der Waals surface area contributed by atoms with Gasteiger partial charge in [0.1, 0.15) is 10.7 Å². The molecule has 31 heavy (non-hydrogen) atoms. The topological polar surface area (TPSA) is 129 Å². The first-order chi connectivity index (χ1) is 14.6. The minimum atomic E-state index is -0.418. The summed E-state index contributed by atoms with van der Waals surface area (Å²) in [6.07, 6.45) is -0.116. The molecule has 0 saturated heterocycles. The average molecular weight is 444 g/mol. The third-order valence-corrected chi connectivity index (χ3v) is 6.14. The second-order valence-corrected chi connectivity index (χ2v) is 8.43. The van der Waals surface area contributed by atoms with E-state index >= 15 is 0 Å². The van der Waals surface area contributed by atoms with Crippen LogP contribution in [-0.4, -0.2) is 39.1 Å². The van der Waals surface area contributed by atoms with E-state index in [1.165, 1.54) is 11.3 Å². The molecule has 0 aromatic carbocycles. The predicted octanol–water partition coefficient (Wildman–Crippen LogP) is 2.81. The van der Waals surface area contributed by atoms with Crippen molar-refractivity contribution in [1.82, 2.24) is 20.4 Å². The fraction of sp³-hybridized carbons (Fsp3) is 0.381. The summed E-state index contributed by atoms with van der Waals surface area (Å²) in [5.41, 5.74) is 6.11. The van der Waals surface area contributed by atoms with Crippen molar-refractivity contribution in [3.05, 3.63) is 49.1 Å². The Kier molecular flexibility index (Phi) is 6.40. The Morgan fingerprint density at radius 2 is 1.87 bits per heavy atom. The molecule has 164 valence electrons. The van der Waals surface area contributed by atoms with E-state index in [9.17, 15) is 14.4 Å². The summed E-state index contributed by atoms with van der Waals surface area (Å²) in [7, 11) is 0. The van der Waals surface area contributed by atoms with Crippen LogP contribution in [0.3, 0.4) is 0 Å². The minimum absolute atomic E-state index is 0.116. The maximum Gasteiger partial charge on any atom is 0.340 e. The molecule has 0 aliphatic rings. The Morgan fingerprint density at radius 1 is 1.16 bits per heavy atom. The highest BCUT2D eigenvalue weighted by Crippen LogP contribution is 2.25. The summed E-state index contributed by atoms with van der Waals surface area (Å²) in [6, 6.07) is 0. The lowest BCUT2D eigenvalue weighted by molar-refractivity contribution is -0.120. The number of carbonyl (C=O) groups is 2. The van der Waals surface area contributed by atoms with Gasteiger partial charge in [0.25, 0.3) is 5.56 Å².